The number of rotatable bonds is 10. The first kappa shape index (κ1) is 22.7. The maximum absolute atomic E-state index is 12.4. The highest BCUT2D eigenvalue weighted by Gasteiger charge is 2.07. The molecular formula is C26H25N5O3. The molecular weight excluding hydrogens is 430 g/mol. The average molecular weight is 456 g/mol. The molecule has 3 aromatic carbocycles. The minimum Gasteiger partial charge on any atom is -0.497 e. The van der Waals surface area contributed by atoms with Gasteiger partial charge < -0.3 is 9.47 Å². The van der Waals surface area contributed by atoms with Crippen molar-refractivity contribution in [2.24, 2.45) is 5.10 Å². The number of hydrogen-bond donors (Lipinski definition) is 2. The van der Waals surface area contributed by atoms with Crippen LogP contribution in [0.5, 0.6) is 11.5 Å². The van der Waals surface area contributed by atoms with Gasteiger partial charge in [0.1, 0.15) is 11.5 Å². The van der Waals surface area contributed by atoms with Crippen molar-refractivity contribution in [2.45, 2.75) is 12.8 Å². The van der Waals surface area contributed by atoms with Crippen LogP contribution in [0.25, 0.3) is 11.3 Å². The molecule has 1 aromatic heterocycles. The Labute approximate surface area is 197 Å². The van der Waals surface area contributed by atoms with Crippen molar-refractivity contribution < 1.29 is 9.47 Å². The van der Waals surface area contributed by atoms with E-state index in [2.05, 4.69) is 37.8 Å². The van der Waals surface area contributed by atoms with Gasteiger partial charge in [-0.3, -0.25) is 9.78 Å². The lowest BCUT2D eigenvalue weighted by atomic mass is 10.1. The summed E-state index contributed by atoms with van der Waals surface area (Å²) in [5.41, 5.74) is 5.37. The highest BCUT2D eigenvalue weighted by Crippen LogP contribution is 2.17. The number of hydrazone groups is 1. The average Bonchev–Trinajstić information content (AvgIpc) is 2.88. The number of anilines is 1. The first-order valence-corrected chi connectivity index (χ1v) is 10.9. The van der Waals surface area contributed by atoms with E-state index in [1.165, 1.54) is 5.56 Å². The third-order valence-electron chi connectivity index (χ3n) is 5.05. The van der Waals surface area contributed by atoms with Gasteiger partial charge in [-0.25, -0.2) is 5.43 Å². The maximum Gasteiger partial charge on any atom is 0.279 e. The van der Waals surface area contributed by atoms with E-state index in [4.69, 9.17) is 9.47 Å². The summed E-state index contributed by atoms with van der Waals surface area (Å²) >= 11 is 0. The van der Waals surface area contributed by atoms with Crippen molar-refractivity contribution >= 4 is 12.2 Å². The molecule has 0 saturated carbocycles. The lowest BCUT2D eigenvalue weighted by molar-refractivity contribution is 0.311. The standard InChI is InChI=1S/C26H25N5O3/c1-33-22-15-11-21(12-16-22)24-25(32)28-26(31-29-24)30-27-18-20-9-13-23(14-10-20)34-17-5-8-19-6-3-2-4-7-19/h2-4,6-7,9-16,18H,5,8,17H2,1H3,(H2,28,30,31,32)/b27-18+. The fraction of sp³-hybridized carbons (Fsp3) is 0.154. The molecule has 0 radical (unpaired) electrons. The van der Waals surface area contributed by atoms with Crippen molar-refractivity contribution in [3.05, 3.63) is 100 Å². The Morgan fingerprint density at radius 1 is 0.941 bits per heavy atom. The molecule has 1 heterocycles. The van der Waals surface area contributed by atoms with E-state index in [1.807, 2.05) is 42.5 Å². The number of methoxy groups -OCH3 is 1. The van der Waals surface area contributed by atoms with Gasteiger partial charge in [0.25, 0.3) is 5.56 Å². The molecule has 0 bridgehead atoms. The number of H-pyrrole nitrogens is 1. The zero-order chi connectivity index (χ0) is 23.6. The van der Waals surface area contributed by atoms with Crippen LogP contribution in [0.3, 0.4) is 0 Å². The zero-order valence-corrected chi connectivity index (χ0v) is 18.8. The zero-order valence-electron chi connectivity index (χ0n) is 18.8. The quantitative estimate of drug-likeness (QED) is 0.210. The van der Waals surface area contributed by atoms with E-state index in [0.717, 1.165) is 24.2 Å². The van der Waals surface area contributed by atoms with Gasteiger partial charge in [-0.2, -0.15) is 5.10 Å². The summed E-state index contributed by atoms with van der Waals surface area (Å²) in [6.45, 7) is 0.655. The summed E-state index contributed by atoms with van der Waals surface area (Å²) in [6.07, 6.45) is 3.56. The van der Waals surface area contributed by atoms with Gasteiger partial charge in [0.2, 0.25) is 5.95 Å². The first-order valence-electron chi connectivity index (χ1n) is 10.9. The minimum absolute atomic E-state index is 0.150. The van der Waals surface area contributed by atoms with Crippen LogP contribution in [0.1, 0.15) is 17.5 Å². The Balaban J connectivity index is 1.26. The van der Waals surface area contributed by atoms with Crippen LogP contribution >= 0.6 is 0 Å². The van der Waals surface area contributed by atoms with Gasteiger partial charge in [0.15, 0.2) is 5.69 Å². The van der Waals surface area contributed by atoms with Crippen LogP contribution in [-0.2, 0) is 6.42 Å². The second-order valence-electron chi connectivity index (χ2n) is 7.46. The van der Waals surface area contributed by atoms with E-state index in [0.29, 0.717) is 17.9 Å². The van der Waals surface area contributed by atoms with Crippen LogP contribution in [0, 0.1) is 0 Å². The normalized spacial score (nSPS) is 10.9. The second kappa shape index (κ2) is 11.4. The molecule has 4 aromatic rings. The summed E-state index contributed by atoms with van der Waals surface area (Å²) < 4.78 is 10.9. The van der Waals surface area contributed by atoms with Crippen molar-refractivity contribution in [3.63, 3.8) is 0 Å². The Kier molecular flexibility index (Phi) is 7.63. The number of benzene rings is 3. The summed E-state index contributed by atoms with van der Waals surface area (Å²) in [5.74, 6) is 1.66. The summed E-state index contributed by atoms with van der Waals surface area (Å²) in [4.78, 5) is 15.0. The highest BCUT2D eigenvalue weighted by atomic mass is 16.5. The van der Waals surface area contributed by atoms with Crippen LogP contribution in [0.15, 0.2) is 88.8 Å². The summed E-state index contributed by atoms with van der Waals surface area (Å²) in [7, 11) is 1.58. The first-order chi connectivity index (χ1) is 16.7. The molecule has 0 spiro atoms. The third-order valence-corrected chi connectivity index (χ3v) is 5.05. The van der Waals surface area contributed by atoms with Gasteiger partial charge in [-0.05, 0) is 72.5 Å². The monoisotopic (exact) mass is 455 g/mol. The molecule has 2 N–H and O–H groups in total. The molecule has 0 aliphatic heterocycles. The Bertz CT molecular complexity index is 1270. The number of hydrogen-bond acceptors (Lipinski definition) is 7. The van der Waals surface area contributed by atoms with E-state index in [1.54, 1.807) is 37.6 Å². The van der Waals surface area contributed by atoms with Crippen molar-refractivity contribution in [1.82, 2.24) is 15.2 Å². The number of aromatic nitrogens is 3. The molecule has 0 amide bonds. The molecule has 0 saturated heterocycles. The van der Waals surface area contributed by atoms with E-state index >= 15 is 0 Å². The molecule has 172 valence electrons. The number of nitrogens with zero attached hydrogens (tertiary/aromatic N) is 3. The summed E-state index contributed by atoms with van der Waals surface area (Å²) in [6, 6.07) is 25.0. The molecule has 0 atom stereocenters. The van der Waals surface area contributed by atoms with E-state index in [9.17, 15) is 4.79 Å². The molecule has 0 unspecified atom stereocenters. The van der Waals surface area contributed by atoms with Crippen LogP contribution in [0.4, 0.5) is 5.95 Å². The molecule has 8 heteroatoms. The molecule has 0 aliphatic carbocycles. The van der Waals surface area contributed by atoms with Crippen molar-refractivity contribution in [1.29, 1.82) is 0 Å². The van der Waals surface area contributed by atoms with Gasteiger partial charge in [-0.1, -0.05) is 30.3 Å². The van der Waals surface area contributed by atoms with E-state index < -0.39 is 0 Å². The van der Waals surface area contributed by atoms with Crippen LogP contribution in [0.2, 0.25) is 0 Å². The number of aryl methyl sites for hydroxylation is 1. The van der Waals surface area contributed by atoms with Gasteiger partial charge in [-0.15, -0.1) is 10.2 Å². The summed E-state index contributed by atoms with van der Waals surface area (Å²) in [5, 5.41) is 12.1. The Hall–Kier alpha value is -4.46. The van der Waals surface area contributed by atoms with Gasteiger partial charge in [0, 0.05) is 5.56 Å². The van der Waals surface area contributed by atoms with Gasteiger partial charge in [0.05, 0.1) is 19.9 Å². The smallest absolute Gasteiger partial charge is 0.279 e. The van der Waals surface area contributed by atoms with Crippen LogP contribution < -0.4 is 20.5 Å². The highest BCUT2D eigenvalue weighted by molar-refractivity contribution is 5.80. The lowest BCUT2D eigenvalue weighted by Crippen LogP contribution is -2.15. The topological polar surface area (TPSA) is 101 Å². The second-order valence-corrected chi connectivity index (χ2v) is 7.46. The maximum atomic E-state index is 12.4. The Morgan fingerprint density at radius 2 is 1.68 bits per heavy atom. The third kappa shape index (κ3) is 6.29. The molecule has 0 fully saturated rings. The number of nitrogens with one attached hydrogen (secondary N) is 2. The predicted octanol–water partition coefficient (Wildman–Crippen LogP) is 4.30. The number of aromatic amines is 1. The predicted molar refractivity (Wildman–Crippen MR) is 133 cm³/mol. The molecule has 8 nitrogen and oxygen atoms in total. The number of ether oxygens (including phenoxy) is 2. The van der Waals surface area contributed by atoms with Crippen LogP contribution in [-0.4, -0.2) is 35.1 Å². The van der Waals surface area contributed by atoms with Gasteiger partial charge >= 0.3 is 0 Å². The Morgan fingerprint density at radius 3 is 2.38 bits per heavy atom. The van der Waals surface area contributed by atoms with Crippen molar-refractivity contribution in [2.75, 3.05) is 19.1 Å². The minimum atomic E-state index is -0.369. The van der Waals surface area contributed by atoms with Crippen molar-refractivity contribution in [3.8, 4) is 22.8 Å². The molecule has 4 rings (SSSR count). The SMILES string of the molecule is COc1ccc(-c2nnc(N/N=C/c3ccc(OCCCc4ccccc4)cc3)[nH]c2=O)cc1. The fourth-order valence-corrected chi connectivity index (χ4v) is 3.25. The molecule has 0 aliphatic rings. The largest absolute Gasteiger partial charge is 0.497 e. The van der Waals surface area contributed by atoms with E-state index in [-0.39, 0.29) is 17.2 Å². The molecule has 34 heavy (non-hydrogen) atoms. The lowest BCUT2D eigenvalue weighted by Gasteiger charge is -2.06. The fourth-order valence-electron chi connectivity index (χ4n) is 3.25.